The first-order valence-electron chi connectivity index (χ1n) is 11.8. The van der Waals surface area contributed by atoms with Gasteiger partial charge in [-0.2, -0.15) is 4.31 Å². The zero-order chi connectivity index (χ0) is 27.0. The van der Waals surface area contributed by atoms with Crippen molar-refractivity contribution in [3.8, 4) is 5.75 Å². The Hall–Kier alpha value is -3.26. The van der Waals surface area contributed by atoms with Gasteiger partial charge in [0.05, 0.1) is 17.9 Å². The number of Topliss-reactive ketones (excluding diaryl/α,β-unsaturated/α-hetero) is 2. The average molecular weight is 534 g/mol. The van der Waals surface area contributed by atoms with Crippen molar-refractivity contribution in [2.45, 2.75) is 24.5 Å². The SMILES string of the molecule is CS(=O)(=O)N1CCN([C@H]2C(=O)C(C(N)=O)=C(O)[C@@]3(O)C(=O)C4=C(O)c5c(O)cccc5C[C@H]4C[C@@H]23)CC1. The number of hydrogen-bond acceptors (Lipinski definition) is 10. The lowest BCUT2D eigenvalue weighted by Crippen LogP contribution is -2.68. The van der Waals surface area contributed by atoms with Crippen molar-refractivity contribution in [2.75, 3.05) is 32.4 Å². The Bertz CT molecular complexity index is 1410. The Kier molecular flexibility index (Phi) is 5.75. The van der Waals surface area contributed by atoms with Crippen LogP contribution in [0.2, 0.25) is 0 Å². The zero-order valence-electron chi connectivity index (χ0n) is 19.9. The third kappa shape index (κ3) is 3.60. The highest BCUT2D eigenvalue weighted by molar-refractivity contribution is 7.88. The minimum atomic E-state index is -3.48. The van der Waals surface area contributed by atoms with Crippen LogP contribution in [0.4, 0.5) is 0 Å². The second-order valence-electron chi connectivity index (χ2n) is 10.0. The van der Waals surface area contributed by atoms with E-state index in [0.29, 0.717) is 5.56 Å². The van der Waals surface area contributed by atoms with Crippen LogP contribution in [0.3, 0.4) is 0 Å². The van der Waals surface area contributed by atoms with Crippen molar-refractivity contribution in [2.24, 2.45) is 17.6 Å². The van der Waals surface area contributed by atoms with Crippen LogP contribution in [-0.4, -0.2) is 99.6 Å². The van der Waals surface area contributed by atoms with Gasteiger partial charge in [0.15, 0.2) is 11.4 Å². The second-order valence-corrected chi connectivity index (χ2v) is 12.0. The molecule has 0 unspecified atom stereocenters. The van der Waals surface area contributed by atoms with Crippen molar-refractivity contribution < 1.29 is 43.2 Å². The Morgan fingerprint density at radius 1 is 1.11 bits per heavy atom. The molecule has 1 saturated carbocycles. The van der Waals surface area contributed by atoms with Crippen molar-refractivity contribution in [3.05, 3.63) is 46.2 Å². The first-order valence-corrected chi connectivity index (χ1v) is 13.6. The number of ketones is 2. The number of phenolic OH excluding ortho intramolecular Hbond substituents is 1. The summed E-state index contributed by atoms with van der Waals surface area (Å²) in [7, 11) is -3.48. The molecule has 198 valence electrons. The lowest BCUT2D eigenvalue weighted by Gasteiger charge is -2.52. The van der Waals surface area contributed by atoms with E-state index in [1.54, 1.807) is 17.0 Å². The highest BCUT2D eigenvalue weighted by Gasteiger charge is 2.64. The van der Waals surface area contributed by atoms with Crippen molar-refractivity contribution in [1.82, 2.24) is 9.21 Å². The molecule has 5 rings (SSSR count). The van der Waals surface area contributed by atoms with Crippen LogP contribution < -0.4 is 5.73 Å². The van der Waals surface area contributed by atoms with E-state index >= 15 is 0 Å². The van der Waals surface area contributed by atoms with Gasteiger partial charge in [-0.1, -0.05) is 12.1 Å². The molecule has 1 saturated heterocycles. The maximum atomic E-state index is 13.8. The lowest BCUT2D eigenvalue weighted by molar-refractivity contribution is -0.155. The number of sulfonamides is 1. The van der Waals surface area contributed by atoms with Gasteiger partial charge < -0.3 is 26.2 Å². The summed E-state index contributed by atoms with van der Waals surface area (Å²) in [6.45, 7) is 0.245. The van der Waals surface area contributed by atoms with Crippen LogP contribution in [0.25, 0.3) is 5.76 Å². The number of rotatable bonds is 3. The molecule has 1 aromatic carbocycles. The first kappa shape index (κ1) is 25.4. The van der Waals surface area contributed by atoms with Gasteiger partial charge in [0, 0.05) is 37.7 Å². The highest BCUT2D eigenvalue weighted by atomic mass is 32.2. The number of aromatic hydroxyl groups is 1. The number of amides is 1. The van der Waals surface area contributed by atoms with Crippen LogP contribution in [-0.2, 0) is 30.8 Å². The number of benzene rings is 1. The molecule has 4 aliphatic rings. The van der Waals surface area contributed by atoms with E-state index in [-0.39, 0.29) is 55.9 Å². The molecule has 0 radical (unpaired) electrons. The summed E-state index contributed by atoms with van der Waals surface area (Å²) in [5.41, 5.74) is 2.15. The van der Waals surface area contributed by atoms with E-state index in [2.05, 4.69) is 0 Å². The van der Waals surface area contributed by atoms with Crippen LogP contribution in [0.5, 0.6) is 5.75 Å². The molecule has 4 atom stereocenters. The molecule has 2 fully saturated rings. The van der Waals surface area contributed by atoms with Crippen LogP contribution in [0.15, 0.2) is 35.1 Å². The number of primary amides is 1. The highest BCUT2D eigenvalue weighted by Crippen LogP contribution is 2.52. The van der Waals surface area contributed by atoms with Gasteiger partial charge in [0.1, 0.15) is 22.8 Å². The number of carbonyl (C=O) groups is 3. The summed E-state index contributed by atoms with van der Waals surface area (Å²) in [4.78, 5) is 41.2. The quantitative estimate of drug-likeness (QED) is 0.300. The molecular formula is C24H27N3O9S. The third-order valence-electron chi connectivity index (χ3n) is 8.04. The number of hydrogen-bond donors (Lipinski definition) is 5. The predicted molar refractivity (Wildman–Crippen MR) is 129 cm³/mol. The van der Waals surface area contributed by atoms with Gasteiger partial charge in [0.25, 0.3) is 5.91 Å². The lowest BCUT2D eigenvalue weighted by atomic mass is 9.57. The maximum absolute atomic E-state index is 13.8. The number of nitrogens with zero attached hydrogens (tertiary/aromatic N) is 2. The number of aliphatic hydroxyl groups excluding tert-OH is 2. The smallest absolute Gasteiger partial charge is 0.255 e. The fourth-order valence-corrected chi connectivity index (χ4v) is 7.15. The van der Waals surface area contributed by atoms with Crippen molar-refractivity contribution >= 4 is 33.3 Å². The number of nitrogens with two attached hydrogens (primary N) is 1. The predicted octanol–water partition coefficient (Wildman–Crippen LogP) is -1.02. The first-order chi connectivity index (χ1) is 17.3. The second kappa shape index (κ2) is 8.38. The average Bonchev–Trinajstić information content (AvgIpc) is 2.81. The Morgan fingerprint density at radius 2 is 1.76 bits per heavy atom. The van der Waals surface area contributed by atoms with Crippen LogP contribution in [0.1, 0.15) is 17.5 Å². The van der Waals surface area contributed by atoms with Gasteiger partial charge in [-0.3, -0.25) is 19.3 Å². The van der Waals surface area contributed by atoms with Gasteiger partial charge in [-0.15, -0.1) is 0 Å². The number of aliphatic hydroxyl groups is 3. The molecule has 1 aromatic rings. The molecule has 3 aliphatic carbocycles. The monoisotopic (exact) mass is 533 g/mol. The fraction of sp³-hybridized carbons (Fsp3) is 0.458. The van der Waals surface area contributed by atoms with E-state index in [1.165, 1.54) is 10.4 Å². The topological polar surface area (TPSA) is 199 Å². The summed E-state index contributed by atoms with van der Waals surface area (Å²) in [6.07, 6.45) is 1.27. The molecule has 0 aromatic heterocycles. The Labute approximate surface area is 212 Å². The minimum Gasteiger partial charge on any atom is -0.508 e. The molecule has 1 amide bonds. The fourth-order valence-electron chi connectivity index (χ4n) is 6.32. The van der Waals surface area contributed by atoms with Crippen molar-refractivity contribution in [3.63, 3.8) is 0 Å². The zero-order valence-corrected chi connectivity index (χ0v) is 20.7. The Balaban J connectivity index is 1.63. The largest absolute Gasteiger partial charge is 0.508 e. The van der Waals surface area contributed by atoms with E-state index in [0.717, 1.165) is 6.26 Å². The molecule has 12 nitrogen and oxygen atoms in total. The van der Waals surface area contributed by atoms with Gasteiger partial charge >= 0.3 is 0 Å². The summed E-state index contributed by atoms with van der Waals surface area (Å²) in [5.74, 6) is -7.08. The third-order valence-corrected chi connectivity index (χ3v) is 9.34. The number of phenols is 1. The van der Waals surface area contributed by atoms with E-state index in [1.807, 2.05) is 0 Å². The summed E-state index contributed by atoms with van der Waals surface area (Å²) < 4.78 is 25.2. The molecule has 0 spiro atoms. The van der Waals surface area contributed by atoms with E-state index in [4.69, 9.17) is 5.73 Å². The van der Waals surface area contributed by atoms with Gasteiger partial charge in [-0.05, 0) is 30.4 Å². The molecule has 13 heteroatoms. The summed E-state index contributed by atoms with van der Waals surface area (Å²) >= 11 is 0. The maximum Gasteiger partial charge on any atom is 0.255 e. The number of carbonyl (C=O) groups excluding carboxylic acids is 3. The summed E-state index contributed by atoms with van der Waals surface area (Å²) in [5, 5.41) is 44.0. The molecular weight excluding hydrogens is 506 g/mol. The van der Waals surface area contributed by atoms with Gasteiger partial charge in [0.2, 0.25) is 15.8 Å². The van der Waals surface area contributed by atoms with Crippen LogP contribution >= 0.6 is 0 Å². The van der Waals surface area contributed by atoms with Crippen molar-refractivity contribution in [1.29, 1.82) is 0 Å². The number of fused-ring (bicyclic) bond motifs is 3. The molecule has 6 N–H and O–H groups in total. The van der Waals surface area contributed by atoms with Crippen LogP contribution in [0, 0.1) is 11.8 Å². The molecule has 0 bridgehead atoms. The molecule has 1 heterocycles. The molecule has 37 heavy (non-hydrogen) atoms. The summed E-state index contributed by atoms with van der Waals surface area (Å²) in [6, 6.07) is 3.37. The minimum absolute atomic E-state index is 0.0183. The number of piperazine rings is 1. The molecule has 1 aliphatic heterocycles. The standard InChI is InChI=1S/C24H27N3O9S/c1-37(35,36)27-7-5-26(6-8-27)18-13-10-12-9-11-3-2-4-14(28)15(11)19(29)16(12)21(31)24(13,34)22(32)17(20(18)30)23(25)33/h2-4,12-13,18,28-29,32,34H,5-10H2,1H3,(H2,25,33)/t12-,13-,18+,24-/m0/s1. The van der Waals surface area contributed by atoms with Gasteiger partial charge in [-0.25, -0.2) is 8.42 Å². The Morgan fingerprint density at radius 3 is 2.35 bits per heavy atom. The van der Waals surface area contributed by atoms with E-state index < -0.39 is 68.1 Å². The normalized spacial score (nSPS) is 31.1. The van der Waals surface area contributed by atoms with E-state index in [9.17, 15) is 43.2 Å².